The van der Waals surface area contributed by atoms with Crippen LogP contribution in [0, 0.1) is 11.6 Å². The molecule has 0 saturated heterocycles. The maximum Gasteiger partial charge on any atom is 0.248 e. The van der Waals surface area contributed by atoms with Gasteiger partial charge in [-0.3, -0.25) is 4.79 Å². The summed E-state index contributed by atoms with van der Waals surface area (Å²) in [4.78, 5) is 10.4. The highest BCUT2D eigenvalue weighted by atomic mass is 35.5. The Bertz CT molecular complexity index is 283. The van der Waals surface area contributed by atoms with Crippen LogP contribution in [-0.2, 0) is 0 Å². The zero-order valence-corrected chi connectivity index (χ0v) is 6.70. The molecule has 0 aliphatic rings. The summed E-state index contributed by atoms with van der Waals surface area (Å²) in [5.74, 6) is -2.46. The Morgan fingerprint density at radius 2 is 1.58 bits per heavy atom. The van der Waals surface area contributed by atoms with Crippen molar-refractivity contribution in [2.24, 2.45) is 5.73 Å². The number of carbonyl (C=O) groups is 1. The van der Waals surface area contributed by atoms with E-state index in [-0.39, 0.29) is 18.0 Å². The SMILES string of the molecule is Cl.NC(=O)c1cc(F)cc(F)c1. The summed E-state index contributed by atoms with van der Waals surface area (Å²) in [6.07, 6.45) is 0. The molecular formula is C7H6ClF2NO. The minimum Gasteiger partial charge on any atom is -0.366 e. The van der Waals surface area contributed by atoms with E-state index in [0.717, 1.165) is 12.1 Å². The number of rotatable bonds is 1. The van der Waals surface area contributed by atoms with Gasteiger partial charge in [-0.15, -0.1) is 12.4 Å². The van der Waals surface area contributed by atoms with E-state index in [1.807, 2.05) is 0 Å². The lowest BCUT2D eigenvalue weighted by Gasteiger charge is -1.94. The van der Waals surface area contributed by atoms with Crippen LogP contribution in [-0.4, -0.2) is 5.91 Å². The van der Waals surface area contributed by atoms with Gasteiger partial charge in [0.25, 0.3) is 0 Å². The first-order valence-corrected chi connectivity index (χ1v) is 2.85. The first-order chi connectivity index (χ1) is 5.09. The van der Waals surface area contributed by atoms with Gasteiger partial charge in [0.1, 0.15) is 11.6 Å². The zero-order chi connectivity index (χ0) is 8.43. The van der Waals surface area contributed by atoms with Crippen molar-refractivity contribution in [3.63, 3.8) is 0 Å². The Morgan fingerprint density at radius 1 is 1.17 bits per heavy atom. The van der Waals surface area contributed by atoms with Gasteiger partial charge < -0.3 is 5.73 Å². The smallest absolute Gasteiger partial charge is 0.248 e. The summed E-state index contributed by atoms with van der Waals surface area (Å²) in [5.41, 5.74) is 4.61. The number of carbonyl (C=O) groups excluding carboxylic acids is 1. The van der Waals surface area contributed by atoms with Gasteiger partial charge in [0.05, 0.1) is 0 Å². The molecule has 1 aromatic carbocycles. The number of amides is 1. The Morgan fingerprint density at radius 3 is 1.92 bits per heavy atom. The van der Waals surface area contributed by atoms with Crippen LogP contribution in [0.15, 0.2) is 18.2 Å². The monoisotopic (exact) mass is 193 g/mol. The van der Waals surface area contributed by atoms with E-state index in [0.29, 0.717) is 6.07 Å². The molecule has 0 aliphatic heterocycles. The van der Waals surface area contributed by atoms with E-state index in [4.69, 9.17) is 5.73 Å². The molecule has 1 rings (SSSR count). The van der Waals surface area contributed by atoms with Crippen LogP contribution in [0.5, 0.6) is 0 Å². The molecule has 0 heterocycles. The van der Waals surface area contributed by atoms with Crippen molar-refractivity contribution in [3.05, 3.63) is 35.4 Å². The Kier molecular flexibility index (Phi) is 3.63. The Labute approximate surface area is 73.8 Å². The molecular weight excluding hydrogens is 188 g/mol. The van der Waals surface area contributed by atoms with Crippen molar-refractivity contribution >= 4 is 18.3 Å². The van der Waals surface area contributed by atoms with Crippen molar-refractivity contribution in [1.82, 2.24) is 0 Å². The quantitative estimate of drug-likeness (QED) is 0.722. The highest BCUT2D eigenvalue weighted by Gasteiger charge is 2.03. The largest absolute Gasteiger partial charge is 0.366 e. The van der Waals surface area contributed by atoms with Crippen LogP contribution in [0.1, 0.15) is 10.4 Å². The summed E-state index contributed by atoms with van der Waals surface area (Å²) in [6.45, 7) is 0. The molecule has 2 N–H and O–H groups in total. The number of halogens is 3. The molecule has 0 bridgehead atoms. The second kappa shape index (κ2) is 4.01. The number of hydrogen-bond acceptors (Lipinski definition) is 1. The van der Waals surface area contributed by atoms with Gasteiger partial charge in [0, 0.05) is 11.6 Å². The molecule has 12 heavy (non-hydrogen) atoms. The molecule has 0 radical (unpaired) electrons. The summed E-state index contributed by atoms with van der Waals surface area (Å²) in [5, 5.41) is 0. The lowest BCUT2D eigenvalue weighted by Crippen LogP contribution is -2.11. The van der Waals surface area contributed by atoms with E-state index in [2.05, 4.69) is 0 Å². The maximum atomic E-state index is 12.3. The average Bonchev–Trinajstić information content (AvgIpc) is 1.85. The van der Waals surface area contributed by atoms with E-state index in [1.165, 1.54) is 0 Å². The van der Waals surface area contributed by atoms with Crippen LogP contribution in [0.3, 0.4) is 0 Å². The molecule has 1 amide bonds. The summed E-state index contributed by atoms with van der Waals surface area (Å²) >= 11 is 0. The Balaban J connectivity index is 0.00000121. The van der Waals surface area contributed by atoms with E-state index in [9.17, 15) is 13.6 Å². The lowest BCUT2D eigenvalue weighted by atomic mass is 10.2. The highest BCUT2D eigenvalue weighted by molar-refractivity contribution is 5.92. The van der Waals surface area contributed by atoms with E-state index >= 15 is 0 Å². The van der Waals surface area contributed by atoms with Gasteiger partial charge >= 0.3 is 0 Å². The van der Waals surface area contributed by atoms with Gasteiger partial charge in [0.15, 0.2) is 0 Å². The third-order valence-electron chi connectivity index (χ3n) is 1.15. The molecule has 0 atom stereocenters. The van der Waals surface area contributed by atoms with Crippen LogP contribution in [0.4, 0.5) is 8.78 Å². The van der Waals surface area contributed by atoms with E-state index in [1.54, 1.807) is 0 Å². The summed E-state index contributed by atoms with van der Waals surface area (Å²) in [6, 6.07) is 2.43. The lowest BCUT2D eigenvalue weighted by molar-refractivity contribution is 0.0999. The number of primary amides is 1. The second-order valence-electron chi connectivity index (χ2n) is 2.02. The van der Waals surface area contributed by atoms with Crippen molar-refractivity contribution < 1.29 is 13.6 Å². The van der Waals surface area contributed by atoms with Crippen LogP contribution in [0.2, 0.25) is 0 Å². The normalized spacial score (nSPS) is 8.83. The second-order valence-corrected chi connectivity index (χ2v) is 2.02. The van der Waals surface area contributed by atoms with Crippen LogP contribution < -0.4 is 5.73 Å². The minimum atomic E-state index is -0.844. The number of hydrogen-bond donors (Lipinski definition) is 1. The van der Waals surface area contributed by atoms with Crippen molar-refractivity contribution in [2.45, 2.75) is 0 Å². The third-order valence-corrected chi connectivity index (χ3v) is 1.15. The molecule has 0 spiro atoms. The van der Waals surface area contributed by atoms with Gasteiger partial charge in [-0.2, -0.15) is 0 Å². The number of benzene rings is 1. The number of nitrogens with two attached hydrogens (primary N) is 1. The molecule has 0 saturated carbocycles. The minimum absolute atomic E-state index is 0. The molecule has 0 unspecified atom stereocenters. The van der Waals surface area contributed by atoms with Crippen LogP contribution >= 0.6 is 12.4 Å². The fourth-order valence-electron chi connectivity index (χ4n) is 0.696. The Hall–Kier alpha value is -1.16. The topological polar surface area (TPSA) is 43.1 Å². The molecule has 66 valence electrons. The molecule has 0 fully saturated rings. The standard InChI is InChI=1S/C7H5F2NO.ClH/c8-5-1-4(7(10)11)2-6(9)3-5;/h1-3H,(H2,10,11);1H. The molecule has 0 aromatic heterocycles. The molecule has 1 aromatic rings. The first-order valence-electron chi connectivity index (χ1n) is 2.85. The summed E-state index contributed by atoms with van der Waals surface area (Å²) in [7, 11) is 0. The highest BCUT2D eigenvalue weighted by Crippen LogP contribution is 2.06. The van der Waals surface area contributed by atoms with E-state index < -0.39 is 17.5 Å². The molecule has 2 nitrogen and oxygen atoms in total. The van der Waals surface area contributed by atoms with Crippen molar-refractivity contribution in [3.8, 4) is 0 Å². The average molecular weight is 194 g/mol. The predicted octanol–water partition coefficient (Wildman–Crippen LogP) is 1.49. The fraction of sp³-hybridized carbons (Fsp3) is 0. The van der Waals surface area contributed by atoms with Gasteiger partial charge in [-0.1, -0.05) is 0 Å². The van der Waals surface area contributed by atoms with Gasteiger partial charge in [0.2, 0.25) is 5.91 Å². The molecule has 0 aliphatic carbocycles. The fourth-order valence-corrected chi connectivity index (χ4v) is 0.696. The maximum absolute atomic E-state index is 12.3. The van der Waals surface area contributed by atoms with Crippen molar-refractivity contribution in [2.75, 3.05) is 0 Å². The molecule has 5 heteroatoms. The van der Waals surface area contributed by atoms with Gasteiger partial charge in [-0.25, -0.2) is 8.78 Å². The first kappa shape index (κ1) is 10.8. The third kappa shape index (κ3) is 2.47. The zero-order valence-electron chi connectivity index (χ0n) is 5.88. The van der Waals surface area contributed by atoms with Gasteiger partial charge in [-0.05, 0) is 12.1 Å². The van der Waals surface area contributed by atoms with Crippen molar-refractivity contribution in [1.29, 1.82) is 0 Å². The predicted molar refractivity (Wildman–Crippen MR) is 42.1 cm³/mol. The summed E-state index contributed by atoms with van der Waals surface area (Å²) < 4.78 is 24.7. The van der Waals surface area contributed by atoms with Crippen LogP contribution in [0.25, 0.3) is 0 Å².